The largest absolute Gasteiger partial charge is 0.354 e. The third-order valence-electron chi connectivity index (χ3n) is 4.42. The van der Waals surface area contributed by atoms with Gasteiger partial charge in [0, 0.05) is 18.1 Å². The van der Waals surface area contributed by atoms with E-state index in [9.17, 15) is 14.4 Å². The molecule has 1 atom stereocenters. The summed E-state index contributed by atoms with van der Waals surface area (Å²) in [6.07, 6.45) is 2.01. The van der Waals surface area contributed by atoms with E-state index in [0.29, 0.717) is 16.3 Å². The van der Waals surface area contributed by atoms with Crippen LogP contribution in [0.25, 0.3) is 6.08 Å². The van der Waals surface area contributed by atoms with Gasteiger partial charge in [-0.15, -0.1) is 23.2 Å². The van der Waals surface area contributed by atoms with Crippen LogP contribution in [0.4, 0.5) is 4.79 Å². The molecular weight excluding hydrogens is 419 g/mol. The molecule has 1 aromatic rings. The Balaban J connectivity index is 1.58. The van der Waals surface area contributed by atoms with E-state index in [2.05, 4.69) is 5.32 Å². The highest BCUT2D eigenvalue weighted by Gasteiger charge is 2.67. The van der Waals surface area contributed by atoms with Crippen molar-refractivity contribution in [3.8, 4) is 0 Å². The number of nitrogens with one attached hydrogen (secondary N) is 1. The van der Waals surface area contributed by atoms with E-state index >= 15 is 0 Å². The summed E-state index contributed by atoms with van der Waals surface area (Å²) in [5, 5.41) is 2.90. The van der Waals surface area contributed by atoms with Crippen molar-refractivity contribution in [2.24, 2.45) is 5.41 Å². The van der Waals surface area contributed by atoms with Crippen molar-refractivity contribution in [2.75, 3.05) is 13.1 Å². The minimum atomic E-state index is -1.05. The Morgan fingerprint density at radius 1 is 1.31 bits per heavy atom. The number of carbonyl (C=O) groups is 3. The van der Waals surface area contributed by atoms with Crippen LogP contribution in [0.2, 0.25) is 5.02 Å². The monoisotopic (exact) mass is 432 g/mol. The van der Waals surface area contributed by atoms with Gasteiger partial charge in [-0.05, 0) is 48.9 Å². The van der Waals surface area contributed by atoms with Crippen LogP contribution >= 0.6 is 46.6 Å². The van der Waals surface area contributed by atoms with Gasteiger partial charge in [0.25, 0.3) is 11.1 Å². The quantitative estimate of drug-likeness (QED) is 0.561. The summed E-state index contributed by atoms with van der Waals surface area (Å²) >= 11 is 18.6. The van der Waals surface area contributed by atoms with Crippen LogP contribution in [0, 0.1) is 5.41 Å². The van der Waals surface area contributed by atoms with E-state index in [1.165, 1.54) is 0 Å². The number of imide groups is 1. The molecule has 0 spiro atoms. The van der Waals surface area contributed by atoms with Crippen molar-refractivity contribution in [2.45, 2.75) is 17.7 Å². The van der Waals surface area contributed by atoms with E-state index in [0.717, 1.165) is 22.2 Å². The van der Waals surface area contributed by atoms with Crippen molar-refractivity contribution in [3.05, 3.63) is 39.8 Å². The number of amides is 3. The van der Waals surface area contributed by atoms with E-state index < -0.39 is 9.75 Å². The molecule has 3 rings (SSSR count). The third kappa shape index (κ3) is 3.74. The van der Waals surface area contributed by atoms with Crippen molar-refractivity contribution < 1.29 is 14.4 Å². The predicted octanol–water partition coefficient (Wildman–Crippen LogP) is 4.08. The minimum Gasteiger partial charge on any atom is -0.354 e. The lowest BCUT2D eigenvalue weighted by Gasteiger charge is -2.15. The van der Waals surface area contributed by atoms with Gasteiger partial charge in [-0.1, -0.05) is 23.7 Å². The molecule has 1 unspecified atom stereocenters. The van der Waals surface area contributed by atoms with Gasteiger partial charge in [0.1, 0.15) is 4.33 Å². The van der Waals surface area contributed by atoms with Crippen molar-refractivity contribution in [1.82, 2.24) is 10.2 Å². The molecule has 1 heterocycles. The first kappa shape index (κ1) is 19.5. The van der Waals surface area contributed by atoms with Crippen molar-refractivity contribution in [3.63, 3.8) is 0 Å². The van der Waals surface area contributed by atoms with Gasteiger partial charge < -0.3 is 5.32 Å². The summed E-state index contributed by atoms with van der Waals surface area (Å²) in [6, 6.07) is 6.94. The molecule has 1 saturated heterocycles. The van der Waals surface area contributed by atoms with Gasteiger partial charge in [0.2, 0.25) is 5.91 Å². The lowest BCUT2D eigenvalue weighted by molar-refractivity contribution is -0.127. The molecule has 1 aliphatic heterocycles. The zero-order valence-corrected chi connectivity index (χ0v) is 16.8. The standard InChI is InChI=1S/C17H15Cl3N2O3S/c1-16(9-17(16,19)20)14(24)21-6-7-22-13(23)12(26-15(22)25)8-10-2-4-11(18)5-3-10/h2-5,8H,6-7,9H2,1H3,(H,21,24)/b12-8-. The second-order valence-corrected chi connectivity index (χ2v) is 9.27. The molecule has 0 radical (unpaired) electrons. The van der Waals surface area contributed by atoms with Gasteiger partial charge >= 0.3 is 0 Å². The molecule has 1 aromatic carbocycles. The molecule has 3 amide bonds. The first-order chi connectivity index (χ1) is 12.1. The molecule has 1 N–H and O–H groups in total. The van der Waals surface area contributed by atoms with Gasteiger partial charge in [-0.25, -0.2) is 0 Å². The summed E-state index contributed by atoms with van der Waals surface area (Å²) in [5.74, 6) is -0.669. The number of hydrogen-bond donors (Lipinski definition) is 1. The number of nitrogens with zero attached hydrogens (tertiary/aromatic N) is 1. The summed E-state index contributed by atoms with van der Waals surface area (Å²) in [7, 11) is 0. The zero-order valence-electron chi connectivity index (χ0n) is 13.7. The lowest BCUT2D eigenvalue weighted by Crippen LogP contribution is -2.40. The number of hydrogen-bond acceptors (Lipinski definition) is 4. The number of rotatable bonds is 5. The van der Waals surface area contributed by atoms with E-state index in [4.69, 9.17) is 34.8 Å². The summed E-state index contributed by atoms with van der Waals surface area (Å²) in [5.41, 5.74) is -0.0563. The first-order valence-corrected chi connectivity index (χ1v) is 9.76. The summed E-state index contributed by atoms with van der Waals surface area (Å²) in [4.78, 5) is 38.0. The van der Waals surface area contributed by atoms with Crippen LogP contribution in [0.1, 0.15) is 18.9 Å². The van der Waals surface area contributed by atoms with Crippen LogP contribution in [0.5, 0.6) is 0 Å². The smallest absolute Gasteiger partial charge is 0.293 e. The summed E-state index contributed by atoms with van der Waals surface area (Å²) in [6.45, 7) is 1.91. The third-order valence-corrected chi connectivity index (χ3v) is 6.68. The SMILES string of the molecule is CC1(C(=O)NCCN2C(=O)S/C(=C\c3ccc(Cl)cc3)C2=O)CC1(Cl)Cl. The highest BCUT2D eigenvalue weighted by molar-refractivity contribution is 8.18. The van der Waals surface area contributed by atoms with Crippen molar-refractivity contribution >= 4 is 69.7 Å². The Morgan fingerprint density at radius 3 is 2.50 bits per heavy atom. The zero-order chi connectivity index (χ0) is 19.1. The number of thioether (sulfide) groups is 1. The van der Waals surface area contributed by atoms with Crippen LogP contribution < -0.4 is 5.32 Å². The van der Waals surface area contributed by atoms with Gasteiger partial charge in [0.15, 0.2) is 0 Å². The van der Waals surface area contributed by atoms with E-state index in [1.807, 2.05) is 0 Å². The average molecular weight is 434 g/mol. The molecule has 138 valence electrons. The molecule has 2 aliphatic rings. The van der Waals surface area contributed by atoms with Gasteiger partial charge in [0.05, 0.1) is 10.3 Å². The molecular formula is C17H15Cl3N2O3S. The molecule has 1 saturated carbocycles. The Kier molecular flexibility index (Phi) is 5.32. The second kappa shape index (κ2) is 7.08. The maximum Gasteiger partial charge on any atom is 0.293 e. The first-order valence-electron chi connectivity index (χ1n) is 7.81. The van der Waals surface area contributed by atoms with Gasteiger partial charge in [-0.3, -0.25) is 19.3 Å². The Morgan fingerprint density at radius 2 is 1.92 bits per heavy atom. The number of carbonyl (C=O) groups excluding carboxylic acids is 3. The van der Waals surface area contributed by atoms with Crippen LogP contribution in [0.15, 0.2) is 29.2 Å². The number of benzene rings is 1. The summed E-state index contributed by atoms with van der Waals surface area (Å²) < 4.78 is -1.05. The molecule has 2 fully saturated rings. The fraction of sp³-hybridized carbons (Fsp3) is 0.353. The van der Waals surface area contributed by atoms with Crippen LogP contribution in [-0.4, -0.2) is 39.4 Å². The fourth-order valence-electron chi connectivity index (χ4n) is 2.53. The minimum absolute atomic E-state index is 0.0853. The molecule has 9 heteroatoms. The Labute approximate surface area is 170 Å². The molecule has 5 nitrogen and oxygen atoms in total. The van der Waals surface area contributed by atoms with E-state index in [1.54, 1.807) is 37.3 Å². The Bertz CT molecular complexity index is 810. The predicted molar refractivity (Wildman–Crippen MR) is 104 cm³/mol. The molecule has 0 aromatic heterocycles. The van der Waals surface area contributed by atoms with Crippen LogP contribution in [-0.2, 0) is 9.59 Å². The van der Waals surface area contributed by atoms with Gasteiger partial charge in [-0.2, -0.15) is 0 Å². The molecule has 26 heavy (non-hydrogen) atoms. The topological polar surface area (TPSA) is 66.5 Å². The highest BCUT2D eigenvalue weighted by Crippen LogP contribution is 2.63. The highest BCUT2D eigenvalue weighted by atomic mass is 35.5. The maximum atomic E-state index is 12.4. The average Bonchev–Trinajstić information content (AvgIpc) is 2.99. The fourth-order valence-corrected chi connectivity index (χ4v) is 4.22. The maximum absolute atomic E-state index is 12.4. The molecule has 0 bridgehead atoms. The van der Waals surface area contributed by atoms with E-state index in [-0.39, 0.29) is 30.1 Å². The number of alkyl halides is 2. The normalized spacial score (nSPS) is 25.7. The Hall–Kier alpha value is -1.21. The second-order valence-electron chi connectivity index (χ2n) is 6.35. The molecule has 1 aliphatic carbocycles. The number of halogens is 3. The van der Waals surface area contributed by atoms with Crippen molar-refractivity contribution in [1.29, 1.82) is 0 Å². The van der Waals surface area contributed by atoms with Crippen LogP contribution in [0.3, 0.4) is 0 Å². The lowest BCUT2D eigenvalue weighted by atomic mass is 10.1.